The van der Waals surface area contributed by atoms with Gasteiger partial charge in [-0.2, -0.15) is 0 Å². The molecule has 3 aromatic rings. The average Bonchev–Trinajstić information content (AvgIpc) is 3.14. The van der Waals surface area contributed by atoms with Crippen molar-refractivity contribution >= 4 is 16.0 Å². The summed E-state index contributed by atoms with van der Waals surface area (Å²) >= 11 is 0. The molecular formula is C18H16N2O6S. The summed E-state index contributed by atoms with van der Waals surface area (Å²) in [5.41, 5.74) is 1.23. The Kier molecular flexibility index (Phi) is 5.24. The first-order chi connectivity index (χ1) is 12.9. The summed E-state index contributed by atoms with van der Waals surface area (Å²) in [6, 6.07) is 13.1. The number of primary sulfonamides is 1. The molecule has 0 unspecified atom stereocenters. The molecular weight excluding hydrogens is 372 g/mol. The van der Waals surface area contributed by atoms with Crippen LogP contribution in [0.25, 0.3) is 11.5 Å². The molecule has 8 nitrogen and oxygen atoms in total. The monoisotopic (exact) mass is 388 g/mol. The Bertz CT molecular complexity index is 1060. The van der Waals surface area contributed by atoms with Crippen molar-refractivity contribution in [1.82, 2.24) is 4.98 Å². The van der Waals surface area contributed by atoms with Crippen LogP contribution in [-0.4, -0.2) is 26.5 Å². The summed E-state index contributed by atoms with van der Waals surface area (Å²) in [6.45, 7) is -0.133. The smallest absolute Gasteiger partial charge is 0.338 e. The van der Waals surface area contributed by atoms with Crippen LogP contribution in [0.2, 0.25) is 0 Å². The van der Waals surface area contributed by atoms with E-state index in [2.05, 4.69) is 4.98 Å². The number of ether oxygens (including phenoxy) is 2. The van der Waals surface area contributed by atoms with E-state index in [0.29, 0.717) is 11.6 Å². The van der Waals surface area contributed by atoms with Gasteiger partial charge in [-0.15, -0.1) is 0 Å². The Morgan fingerprint density at radius 2 is 1.93 bits per heavy atom. The average molecular weight is 388 g/mol. The number of hydrogen-bond acceptors (Lipinski definition) is 7. The molecule has 0 atom stereocenters. The van der Waals surface area contributed by atoms with Gasteiger partial charge in [0.15, 0.2) is 0 Å². The van der Waals surface area contributed by atoms with Crippen molar-refractivity contribution in [1.29, 1.82) is 0 Å². The second-order valence-corrected chi connectivity index (χ2v) is 7.03. The number of hydrogen-bond donors (Lipinski definition) is 1. The van der Waals surface area contributed by atoms with Gasteiger partial charge in [-0.05, 0) is 30.3 Å². The lowest BCUT2D eigenvalue weighted by atomic mass is 10.2. The van der Waals surface area contributed by atoms with E-state index in [-0.39, 0.29) is 22.8 Å². The van der Waals surface area contributed by atoms with Gasteiger partial charge < -0.3 is 13.9 Å². The number of aromatic nitrogens is 1. The van der Waals surface area contributed by atoms with E-state index in [4.69, 9.17) is 19.0 Å². The molecule has 2 N–H and O–H groups in total. The predicted octanol–water partition coefficient (Wildman–Crippen LogP) is 2.35. The Balaban J connectivity index is 1.72. The van der Waals surface area contributed by atoms with Gasteiger partial charge in [0.2, 0.25) is 15.9 Å². The molecule has 0 aliphatic rings. The van der Waals surface area contributed by atoms with Crippen LogP contribution in [-0.2, 0) is 21.4 Å². The fourth-order valence-electron chi connectivity index (χ4n) is 2.34. The zero-order chi connectivity index (χ0) is 19.4. The zero-order valence-electron chi connectivity index (χ0n) is 14.3. The minimum atomic E-state index is -4.06. The molecule has 27 heavy (non-hydrogen) atoms. The number of rotatable bonds is 6. The van der Waals surface area contributed by atoms with Crippen LogP contribution < -0.4 is 9.88 Å². The lowest BCUT2D eigenvalue weighted by molar-refractivity contribution is 0.0467. The molecule has 0 bridgehead atoms. The molecule has 0 spiro atoms. The highest BCUT2D eigenvalue weighted by Crippen LogP contribution is 2.24. The molecule has 0 saturated carbocycles. The third-order valence-corrected chi connectivity index (χ3v) is 4.56. The summed E-state index contributed by atoms with van der Waals surface area (Å²) in [5, 5.41) is 5.14. The van der Waals surface area contributed by atoms with Crippen molar-refractivity contribution < 1.29 is 27.1 Å². The molecule has 0 radical (unpaired) electrons. The molecule has 1 aromatic heterocycles. The number of nitrogens with zero attached hydrogens (tertiary/aromatic N) is 1. The van der Waals surface area contributed by atoms with Crippen molar-refractivity contribution in [2.75, 3.05) is 7.11 Å². The van der Waals surface area contributed by atoms with Crippen LogP contribution >= 0.6 is 0 Å². The number of carbonyl (C=O) groups is 1. The number of methoxy groups -OCH3 is 1. The molecule has 3 rings (SSSR count). The van der Waals surface area contributed by atoms with Gasteiger partial charge in [0, 0.05) is 5.56 Å². The second kappa shape index (κ2) is 7.60. The molecule has 0 aliphatic heterocycles. The molecule has 2 aromatic carbocycles. The molecule has 0 amide bonds. The summed E-state index contributed by atoms with van der Waals surface area (Å²) in [6.07, 6.45) is 1.39. The minimum Gasteiger partial charge on any atom is -0.495 e. The van der Waals surface area contributed by atoms with Crippen molar-refractivity contribution in [2.24, 2.45) is 5.14 Å². The quantitative estimate of drug-likeness (QED) is 0.643. The van der Waals surface area contributed by atoms with Crippen LogP contribution in [0, 0.1) is 0 Å². The maximum Gasteiger partial charge on any atom is 0.338 e. The van der Waals surface area contributed by atoms with Crippen LogP contribution in [0.5, 0.6) is 5.75 Å². The third-order valence-electron chi connectivity index (χ3n) is 3.63. The highest BCUT2D eigenvalue weighted by atomic mass is 32.2. The zero-order valence-corrected chi connectivity index (χ0v) is 15.1. The Morgan fingerprint density at radius 1 is 1.19 bits per heavy atom. The Morgan fingerprint density at radius 3 is 2.59 bits per heavy atom. The van der Waals surface area contributed by atoms with Gasteiger partial charge in [-0.25, -0.2) is 23.3 Å². The second-order valence-electron chi connectivity index (χ2n) is 5.50. The van der Waals surface area contributed by atoms with Crippen molar-refractivity contribution in [3.05, 3.63) is 66.1 Å². The van der Waals surface area contributed by atoms with Crippen LogP contribution in [0.4, 0.5) is 0 Å². The maximum absolute atomic E-state index is 12.2. The van der Waals surface area contributed by atoms with Gasteiger partial charge in [-0.1, -0.05) is 18.2 Å². The third kappa shape index (κ3) is 4.33. The molecule has 1 heterocycles. The highest BCUT2D eigenvalue weighted by molar-refractivity contribution is 7.89. The fourth-order valence-corrected chi connectivity index (χ4v) is 3.06. The maximum atomic E-state index is 12.2. The first-order valence-electron chi connectivity index (χ1n) is 7.76. The van der Waals surface area contributed by atoms with E-state index in [0.717, 1.165) is 11.6 Å². The first kappa shape index (κ1) is 18.6. The van der Waals surface area contributed by atoms with E-state index in [1.165, 1.54) is 25.5 Å². The van der Waals surface area contributed by atoms with Gasteiger partial charge in [0.25, 0.3) is 0 Å². The SMILES string of the molecule is COc1ccc(C(=O)OCc2coc(-c3ccccc3)n2)cc1S(N)(=O)=O. The van der Waals surface area contributed by atoms with Crippen molar-refractivity contribution in [3.8, 4) is 17.2 Å². The lowest BCUT2D eigenvalue weighted by Crippen LogP contribution is -2.15. The van der Waals surface area contributed by atoms with Gasteiger partial charge >= 0.3 is 5.97 Å². The van der Waals surface area contributed by atoms with E-state index < -0.39 is 16.0 Å². The van der Waals surface area contributed by atoms with Crippen LogP contribution in [0.1, 0.15) is 16.1 Å². The van der Waals surface area contributed by atoms with Gasteiger partial charge in [0.05, 0.1) is 12.7 Å². The predicted molar refractivity (Wildman–Crippen MR) is 95.4 cm³/mol. The van der Waals surface area contributed by atoms with Gasteiger partial charge in [-0.3, -0.25) is 0 Å². The molecule has 140 valence electrons. The van der Waals surface area contributed by atoms with Crippen LogP contribution in [0.15, 0.2) is 64.1 Å². The topological polar surface area (TPSA) is 122 Å². The standard InChI is InChI=1S/C18H16N2O6S/c1-24-15-8-7-13(9-16(15)27(19,22)23)18(21)26-11-14-10-25-17(20-14)12-5-3-2-4-6-12/h2-10H,11H2,1H3,(H2,19,22,23). The number of nitrogens with two attached hydrogens (primary N) is 1. The summed E-state index contributed by atoms with van der Waals surface area (Å²) in [5.74, 6) is -0.285. The van der Waals surface area contributed by atoms with E-state index in [9.17, 15) is 13.2 Å². The molecule has 0 saturated heterocycles. The Labute approximate surface area is 155 Å². The highest BCUT2D eigenvalue weighted by Gasteiger charge is 2.19. The summed E-state index contributed by atoms with van der Waals surface area (Å²) in [7, 11) is -2.75. The lowest BCUT2D eigenvalue weighted by Gasteiger charge is -2.08. The van der Waals surface area contributed by atoms with Crippen LogP contribution in [0.3, 0.4) is 0 Å². The first-order valence-corrected chi connectivity index (χ1v) is 9.31. The number of oxazole rings is 1. The normalized spacial score (nSPS) is 11.2. The minimum absolute atomic E-state index is 0.0200. The number of benzene rings is 2. The Hall–Kier alpha value is -3.17. The molecule has 0 fully saturated rings. The molecule has 0 aliphatic carbocycles. The fraction of sp³-hybridized carbons (Fsp3) is 0.111. The van der Waals surface area contributed by atoms with E-state index in [1.807, 2.05) is 30.3 Å². The van der Waals surface area contributed by atoms with Crippen molar-refractivity contribution in [3.63, 3.8) is 0 Å². The summed E-state index contributed by atoms with van der Waals surface area (Å²) in [4.78, 5) is 16.2. The van der Waals surface area contributed by atoms with Gasteiger partial charge in [0.1, 0.15) is 29.2 Å². The molecule has 9 heteroatoms. The number of esters is 1. The van der Waals surface area contributed by atoms with E-state index >= 15 is 0 Å². The number of sulfonamides is 1. The van der Waals surface area contributed by atoms with Crippen molar-refractivity contribution in [2.45, 2.75) is 11.5 Å². The van der Waals surface area contributed by atoms with E-state index in [1.54, 1.807) is 0 Å². The number of carbonyl (C=O) groups excluding carboxylic acids is 1. The largest absolute Gasteiger partial charge is 0.495 e. The summed E-state index contributed by atoms with van der Waals surface area (Å²) < 4.78 is 38.7.